The van der Waals surface area contributed by atoms with E-state index < -0.39 is 33.5 Å². The maximum absolute atomic E-state index is 6.39. The highest BCUT2D eigenvalue weighted by molar-refractivity contribution is 6.98. The molecule has 0 bridgehead atoms. The summed E-state index contributed by atoms with van der Waals surface area (Å²) in [7, 11) is -2.10. The van der Waals surface area contributed by atoms with Crippen LogP contribution in [0.5, 0.6) is 34.5 Å². The van der Waals surface area contributed by atoms with Gasteiger partial charge < -0.3 is 22.7 Å². The Morgan fingerprint density at radius 1 is 0.215 bits per heavy atom. The van der Waals surface area contributed by atoms with Crippen LogP contribution < -0.4 is 53.9 Å². The number of aryl methyl sites for hydroxylation is 5. The van der Waals surface area contributed by atoms with E-state index in [9.17, 15) is 0 Å². The fourth-order valence-corrected chi connectivity index (χ4v) is 23.1. The van der Waals surface area contributed by atoms with E-state index >= 15 is 0 Å². The quantitative estimate of drug-likeness (QED) is 0.0679. The second kappa shape index (κ2) is 48.0. The molecule has 19 heteroatoms. The maximum Gasteiger partial charge on any atom is 0.881 e. The highest BCUT2D eigenvalue weighted by atomic mass is 28.3. The fourth-order valence-electron chi connectivity index (χ4n) is 16.0. The van der Waals surface area contributed by atoms with E-state index in [4.69, 9.17) is 22.7 Å². The molecular formula is C116H91Al5N5O6Si3. The van der Waals surface area contributed by atoms with Gasteiger partial charge in [-0.25, -0.2) is 24.9 Å². The van der Waals surface area contributed by atoms with Crippen molar-refractivity contribution in [3.05, 3.63) is 477 Å². The molecule has 0 aliphatic carbocycles. The Labute approximate surface area is 837 Å². The molecule has 22 aromatic rings. The minimum atomic E-state index is -1.13. The van der Waals surface area contributed by atoms with Crippen molar-refractivity contribution in [3.8, 4) is 56.8 Å². The van der Waals surface area contributed by atoms with E-state index in [1.54, 1.807) is 0 Å². The minimum absolute atomic E-state index is 0. The van der Waals surface area contributed by atoms with Gasteiger partial charge >= 0.3 is 82.4 Å². The normalized spacial score (nSPS) is 10.6. The Morgan fingerprint density at radius 2 is 0.481 bits per heavy atom. The molecule has 22 rings (SSSR count). The average molecular weight is 1870 g/mol. The van der Waals surface area contributed by atoms with Gasteiger partial charge in [-0.15, -0.1) is 0 Å². The smallest absolute Gasteiger partial charge is 0.652 e. The number of fused-ring (bicyclic) bond motifs is 8. The predicted molar refractivity (Wildman–Crippen MR) is 571 cm³/mol. The van der Waals surface area contributed by atoms with Gasteiger partial charge in [0, 0.05) is 66.5 Å². The Balaban J connectivity index is 0.000000124. The van der Waals surface area contributed by atoms with E-state index in [0.717, 1.165) is 140 Å². The number of benzene rings is 17. The van der Waals surface area contributed by atoms with Crippen molar-refractivity contribution in [2.24, 2.45) is 0 Å². The van der Waals surface area contributed by atoms with Gasteiger partial charge in [0.25, 0.3) is 0 Å². The van der Waals surface area contributed by atoms with Crippen LogP contribution in [0, 0.1) is 34.6 Å². The van der Waals surface area contributed by atoms with Gasteiger partial charge in [-0.3, -0.25) is 0 Å². The molecule has 0 amide bonds. The van der Waals surface area contributed by atoms with E-state index in [-0.39, 0.29) is 11.0 Å². The van der Waals surface area contributed by atoms with Gasteiger partial charge in [-0.1, -0.05) is 404 Å². The third-order valence-electron chi connectivity index (χ3n) is 22.5. The Hall–Kier alpha value is -13.3. The fraction of sp³-hybridized carbons (Fsp3) is 0.0431. The van der Waals surface area contributed by atoms with Crippen molar-refractivity contribution in [1.82, 2.24) is 24.9 Å². The molecule has 5 heterocycles. The summed E-state index contributed by atoms with van der Waals surface area (Å²) in [6.45, 7) is 9.87. The first-order valence-corrected chi connectivity index (χ1v) is 49.7. The number of hydrogen-bond donors (Lipinski definition) is 0. The lowest BCUT2D eigenvalue weighted by molar-refractivity contribution is 0.463. The molecule has 0 N–H and O–H groups in total. The summed E-state index contributed by atoms with van der Waals surface area (Å²) >= 11 is 8.17. The highest BCUT2D eigenvalue weighted by Crippen LogP contribution is 2.40. The van der Waals surface area contributed by atoms with Crippen LogP contribution >= 0.6 is 0 Å². The van der Waals surface area contributed by atoms with E-state index in [1.165, 1.54) is 63.4 Å². The Bertz CT molecular complexity index is 7200. The van der Waals surface area contributed by atoms with Crippen molar-refractivity contribution < 1.29 is 22.7 Å². The first-order valence-electron chi connectivity index (χ1n) is 43.9. The van der Waals surface area contributed by atoms with Crippen LogP contribution in [0.25, 0.3) is 109 Å². The van der Waals surface area contributed by atoms with Gasteiger partial charge in [0.2, 0.25) is 0 Å². The zero-order chi connectivity index (χ0) is 92.3. The second-order valence-corrected chi connectivity index (χ2v) is 38.1. The van der Waals surface area contributed by atoms with Crippen LogP contribution in [0.1, 0.15) is 28.5 Å². The van der Waals surface area contributed by atoms with Crippen LogP contribution in [0.3, 0.4) is 0 Å². The Morgan fingerprint density at radius 3 is 0.837 bits per heavy atom. The maximum atomic E-state index is 6.39. The third-order valence-corrected chi connectivity index (χ3v) is 29.8. The molecule has 135 heavy (non-hydrogen) atoms. The molecule has 0 fully saturated rings. The molecule has 0 spiro atoms. The van der Waals surface area contributed by atoms with Gasteiger partial charge in [-0.05, 0) is 165 Å². The number of pyridine rings is 5. The zero-order valence-electron chi connectivity index (χ0n) is 75.5. The van der Waals surface area contributed by atoms with Crippen LogP contribution in [-0.2, 0) is 0 Å². The number of nitrogens with zero attached hydrogens (tertiary/aromatic N) is 5. The highest BCUT2D eigenvalue weighted by Gasteiger charge is 2.25. The van der Waals surface area contributed by atoms with Gasteiger partial charge in [0.1, 0.15) is 56.3 Å². The lowest BCUT2D eigenvalue weighted by Gasteiger charge is -2.20. The summed E-state index contributed by atoms with van der Waals surface area (Å²) in [5.41, 5.74) is 13.8. The lowest BCUT2D eigenvalue weighted by Crippen LogP contribution is -2.52. The average Bonchev–Trinajstić information content (AvgIpc) is 0.762. The van der Waals surface area contributed by atoms with Crippen LogP contribution in [-0.4, -0.2) is 136 Å². The monoisotopic (exact) mass is 1870 g/mol. The lowest BCUT2D eigenvalue weighted by atomic mass is 9.97. The summed E-state index contributed by atoms with van der Waals surface area (Å²) < 4.78 is 33.1. The van der Waals surface area contributed by atoms with Gasteiger partial charge in [0.15, 0.2) is 17.6 Å². The largest absolute Gasteiger partial charge is 0.881 e. The molecule has 0 unspecified atom stereocenters. The molecule has 17 aromatic carbocycles. The summed E-state index contributed by atoms with van der Waals surface area (Å²) in [5, 5.41) is 22.1. The summed E-state index contributed by atoms with van der Waals surface area (Å²) in [4.78, 5) is 22.3. The molecule has 5 aromatic heterocycles. The molecule has 11 nitrogen and oxygen atoms in total. The molecular weight excluding hydrogens is 1780 g/mol. The van der Waals surface area contributed by atoms with E-state index in [0.29, 0.717) is 0 Å². The van der Waals surface area contributed by atoms with E-state index in [2.05, 4.69) is 358 Å². The van der Waals surface area contributed by atoms with Crippen molar-refractivity contribution in [3.63, 3.8) is 0 Å². The number of hydrogen-bond acceptors (Lipinski definition) is 11. The number of aromatic nitrogens is 5. The van der Waals surface area contributed by atoms with Gasteiger partial charge in [0.05, 0.1) is 5.75 Å². The van der Waals surface area contributed by atoms with Crippen molar-refractivity contribution >= 4 is 229 Å². The van der Waals surface area contributed by atoms with E-state index in [1.807, 2.05) is 217 Å². The summed E-state index contributed by atoms with van der Waals surface area (Å²) in [6.07, 6.45) is 0. The first kappa shape index (κ1) is 96.3. The molecule has 0 saturated carbocycles. The summed E-state index contributed by atoms with van der Waals surface area (Å²) in [5.74, 6) is 4.78. The third kappa shape index (κ3) is 24.4. The second-order valence-electron chi connectivity index (χ2n) is 31.6. The van der Waals surface area contributed by atoms with Crippen LogP contribution in [0.2, 0.25) is 0 Å². The topological polar surface area (TPSA) is 120 Å². The van der Waals surface area contributed by atoms with Crippen molar-refractivity contribution in [1.29, 1.82) is 0 Å². The molecule has 0 aliphatic rings. The predicted octanol–water partition coefficient (Wildman–Crippen LogP) is 21.8. The minimum Gasteiger partial charge on any atom is -0.652 e. The molecule has 0 saturated heterocycles. The van der Waals surface area contributed by atoms with Gasteiger partial charge in [-0.2, -0.15) is 0 Å². The van der Waals surface area contributed by atoms with Crippen LogP contribution in [0.4, 0.5) is 0 Å². The Kier molecular flexibility index (Phi) is 34.3. The number of para-hydroxylation sites is 6. The first-order chi connectivity index (χ1) is 65.9. The standard InChI is InChI=1S/C26H19Si.C22H17Si.C18H14O.5C10H9NO.5Al.H2Si/c1-2-14-22(15-3-1)27(25-18-8-12-20-10-4-6-16-23(20)25)26-19-9-13-21-11-5-7-17-24(21)26;1-3-11-20(12-4-1)23(21-13-5-2-6-14-21)22-16-15-18-9-7-8-10-19(18)17-22;19-18-16(14-8-3-1-4-9-14)12-7-13-17(18)15-10-5-2-6-11-15;5*1-7-5-6-8-3-2-4-9(12)10(8)11-7;;;;;;/h1-19H;1-17H;1-13,19H;5*2-6,12H,1H3;;;;;;1H2/q;;;;;;;;4*+1;+2;/p-6. The van der Waals surface area contributed by atoms with Crippen LogP contribution in [0.15, 0.2) is 449 Å². The molecule has 643 valence electrons. The SMILES string of the molecule is Cc1ccc2cccc([O][Al])c2n1.Cc1ccc2cccc([O][Al])c2n1.Cc1ccc2cccc([O][Al])c2n1.Cc1ccc2cccc([O][Al])c2n1.Cc1ccc2cccc([O][Al][O]c3c(-c4ccccc4)cccc3-c3ccccc3)c2n1.[SiH2].c1ccc([Si](c2cccc3ccccc23)c2cccc3ccccc23)cc1.c1ccc([Si](c2ccccc2)c2ccc3ccccc3c2)cc1. The van der Waals surface area contributed by atoms with Crippen molar-refractivity contribution in [2.45, 2.75) is 34.6 Å². The molecule has 13 radical (unpaired) electrons. The number of rotatable bonds is 16. The van der Waals surface area contributed by atoms with Crippen molar-refractivity contribution in [2.75, 3.05) is 0 Å². The summed E-state index contributed by atoms with van der Waals surface area (Å²) in [6, 6.07) is 156. The zero-order valence-corrected chi connectivity index (χ0v) is 84.7. The molecule has 0 aliphatic heterocycles. The molecule has 0 atom stereocenters.